The Bertz CT molecular complexity index is 1620. The molecule has 176 valence electrons. The molecule has 2 aliphatic rings. The number of amides is 1. The zero-order chi connectivity index (χ0) is 24.2. The van der Waals surface area contributed by atoms with Crippen molar-refractivity contribution >= 4 is 29.0 Å². The van der Waals surface area contributed by atoms with Gasteiger partial charge < -0.3 is 10.1 Å². The van der Waals surface area contributed by atoms with E-state index in [1.165, 1.54) is 11.3 Å². The number of nitrogens with one attached hydrogen (secondary N) is 1. The minimum Gasteiger partial charge on any atom is -0.465 e. The maximum absolute atomic E-state index is 13.7. The fourth-order valence-electron chi connectivity index (χ4n) is 4.86. The monoisotopic (exact) mass is 485 g/mol. The molecule has 2 aliphatic heterocycles. The van der Waals surface area contributed by atoms with Gasteiger partial charge in [0.05, 0.1) is 16.8 Å². The molecule has 6 rings (SSSR count). The minimum absolute atomic E-state index is 0.181. The van der Waals surface area contributed by atoms with Crippen LogP contribution in [0.1, 0.15) is 31.0 Å². The molecule has 3 atom stereocenters. The lowest BCUT2D eigenvalue weighted by Gasteiger charge is -2.45. The molecule has 4 aromatic rings. The summed E-state index contributed by atoms with van der Waals surface area (Å²) in [6, 6.07) is 16.3. The molecule has 4 heterocycles. The molecule has 8 nitrogen and oxygen atoms in total. The maximum Gasteiger partial charge on any atom is 0.270 e. The molecule has 0 radical (unpaired) electrons. The van der Waals surface area contributed by atoms with Crippen LogP contribution in [0.25, 0.3) is 6.08 Å². The number of thiazole rings is 1. The molecule has 2 bridgehead atoms. The maximum atomic E-state index is 13.7. The SMILES string of the molecule is CCn1cc(/C=c2\sc3n(c2=O)[C@H]2c4ccccc4O[C@](C)(N=3)[C@@H]2C(=O)Nc2ccccc2)cn1. The largest absolute Gasteiger partial charge is 0.465 e. The predicted molar refractivity (Wildman–Crippen MR) is 133 cm³/mol. The van der Waals surface area contributed by atoms with E-state index in [0.717, 1.165) is 17.7 Å². The smallest absolute Gasteiger partial charge is 0.270 e. The number of para-hydroxylation sites is 2. The van der Waals surface area contributed by atoms with Gasteiger partial charge in [-0.2, -0.15) is 5.10 Å². The van der Waals surface area contributed by atoms with Gasteiger partial charge in [0.1, 0.15) is 11.7 Å². The number of rotatable bonds is 4. The predicted octanol–water partition coefficient (Wildman–Crippen LogP) is 2.54. The first-order valence-corrected chi connectivity index (χ1v) is 12.3. The first kappa shape index (κ1) is 21.5. The lowest BCUT2D eigenvalue weighted by molar-refractivity contribution is -0.131. The lowest BCUT2D eigenvalue weighted by atomic mass is 9.80. The molecule has 2 aromatic heterocycles. The summed E-state index contributed by atoms with van der Waals surface area (Å²) in [6.45, 7) is 4.57. The summed E-state index contributed by atoms with van der Waals surface area (Å²) in [5.41, 5.74) is 0.962. The highest BCUT2D eigenvalue weighted by Gasteiger charge is 2.55. The van der Waals surface area contributed by atoms with Gasteiger partial charge >= 0.3 is 0 Å². The fourth-order valence-corrected chi connectivity index (χ4v) is 5.96. The number of aryl methyl sites for hydroxylation is 1. The number of hydrogen-bond acceptors (Lipinski definition) is 6. The van der Waals surface area contributed by atoms with Gasteiger partial charge in [-0.1, -0.05) is 47.7 Å². The van der Waals surface area contributed by atoms with Gasteiger partial charge in [0.2, 0.25) is 11.6 Å². The molecule has 35 heavy (non-hydrogen) atoms. The van der Waals surface area contributed by atoms with Crippen LogP contribution in [0.2, 0.25) is 0 Å². The highest BCUT2D eigenvalue weighted by Crippen LogP contribution is 2.47. The second-order valence-electron chi connectivity index (χ2n) is 8.78. The Morgan fingerprint density at radius 3 is 2.74 bits per heavy atom. The Morgan fingerprint density at radius 2 is 1.97 bits per heavy atom. The van der Waals surface area contributed by atoms with E-state index in [4.69, 9.17) is 9.73 Å². The summed E-state index contributed by atoms with van der Waals surface area (Å²) in [5, 5.41) is 7.29. The van der Waals surface area contributed by atoms with Crippen molar-refractivity contribution in [2.24, 2.45) is 10.9 Å². The number of hydrogen-bond donors (Lipinski definition) is 1. The molecule has 2 aromatic carbocycles. The number of benzene rings is 2. The van der Waals surface area contributed by atoms with Crippen LogP contribution in [-0.4, -0.2) is 26.0 Å². The average Bonchev–Trinajstić information content (AvgIpc) is 3.42. The molecular weight excluding hydrogens is 462 g/mol. The summed E-state index contributed by atoms with van der Waals surface area (Å²) >= 11 is 1.30. The molecule has 0 unspecified atom stereocenters. The van der Waals surface area contributed by atoms with Gasteiger partial charge in [-0.25, -0.2) is 4.99 Å². The van der Waals surface area contributed by atoms with E-state index < -0.39 is 17.7 Å². The third kappa shape index (κ3) is 3.50. The van der Waals surface area contributed by atoms with Crippen LogP contribution in [0.4, 0.5) is 5.69 Å². The van der Waals surface area contributed by atoms with Crippen molar-refractivity contribution in [1.82, 2.24) is 14.3 Å². The number of nitrogens with zero attached hydrogens (tertiary/aromatic N) is 4. The highest BCUT2D eigenvalue weighted by molar-refractivity contribution is 7.07. The van der Waals surface area contributed by atoms with Crippen LogP contribution in [0.3, 0.4) is 0 Å². The molecule has 0 spiro atoms. The molecule has 1 N–H and O–H groups in total. The van der Waals surface area contributed by atoms with Gasteiger partial charge in [0.25, 0.3) is 5.56 Å². The van der Waals surface area contributed by atoms with Crippen molar-refractivity contribution < 1.29 is 9.53 Å². The second-order valence-corrected chi connectivity index (χ2v) is 9.79. The van der Waals surface area contributed by atoms with Crippen molar-refractivity contribution in [3.8, 4) is 5.75 Å². The second kappa shape index (κ2) is 8.06. The first-order valence-electron chi connectivity index (χ1n) is 11.5. The van der Waals surface area contributed by atoms with Crippen molar-refractivity contribution in [3.63, 3.8) is 0 Å². The van der Waals surface area contributed by atoms with Crippen LogP contribution < -0.4 is 24.9 Å². The Balaban J connectivity index is 1.53. The minimum atomic E-state index is -1.17. The molecule has 0 saturated heterocycles. The third-order valence-corrected chi connectivity index (χ3v) is 7.46. The normalized spacial score (nSPS) is 22.5. The van der Waals surface area contributed by atoms with E-state index in [1.54, 1.807) is 10.8 Å². The molecule has 9 heteroatoms. The van der Waals surface area contributed by atoms with Crippen molar-refractivity contribution in [2.75, 3.05) is 5.32 Å². The van der Waals surface area contributed by atoms with Crippen LogP contribution in [0.5, 0.6) is 5.75 Å². The average molecular weight is 486 g/mol. The molecular formula is C26H23N5O3S. The summed E-state index contributed by atoms with van der Waals surface area (Å²) in [5.74, 6) is -0.362. The fraction of sp³-hybridized carbons (Fsp3) is 0.231. The van der Waals surface area contributed by atoms with Crippen LogP contribution in [0, 0.1) is 5.92 Å². The summed E-state index contributed by atoms with van der Waals surface area (Å²) < 4.78 is 10.3. The van der Waals surface area contributed by atoms with Crippen LogP contribution in [0.15, 0.2) is 76.8 Å². The summed E-state index contributed by atoms with van der Waals surface area (Å²) in [4.78, 5) is 32.8. The number of anilines is 1. The summed E-state index contributed by atoms with van der Waals surface area (Å²) in [6.07, 6.45) is 5.46. The first-order chi connectivity index (χ1) is 17.0. The Hall–Kier alpha value is -3.98. The number of carbonyl (C=O) groups is 1. The van der Waals surface area contributed by atoms with E-state index in [1.807, 2.05) is 85.4 Å². The van der Waals surface area contributed by atoms with Crippen molar-refractivity contribution in [2.45, 2.75) is 32.2 Å². The summed E-state index contributed by atoms with van der Waals surface area (Å²) in [7, 11) is 0. The van der Waals surface area contributed by atoms with Crippen molar-refractivity contribution in [1.29, 1.82) is 0 Å². The van der Waals surface area contributed by atoms with Crippen LogP contribution in [-0.2, 0) is 11.3 Å². The van der Waals surface area contributed by atoms with E-state index in [2.05, 4.69) is 10.4 Å². The van der Waals surface area contributed by atoms with Crippen LogP contribution >= 0.6 is 11.3 Å². The van der Waals surface area contributed by atoms with E-state index in [9.17, 15) is 9.59 Å². The number of ether oxygens (including phenoxy) is 1. The van der Waals surface area contributed by atoms with Crippen molar-refractivity contribution in [3.05, 3.63) is 97.8 Å². The van der Waals surface area contributed by atoms with E-state index in [-0.39, 0.29) is 11.5 Å². The number of fused-ring (bicyclic) bond motifs is 6. The Kier molecular flexibility index (Phi) is 4.96. The zero-order valence-electron chi connectivity index (χ0n) is 19.2. The molecule has 0 fully saturated rings. The molecule has 0 saturated carbocycles. The number of aromatic nitrogens is 3. The van der Waals surface area contributed by atoms with Gasteiger partial charge in [0.15, 0.2) is 4.80 Å². The third-order valence-electron chi connectivity index (χ3n) is 6.48. The molecule has 1 amide bonds. The highest BCUT2D eigenvalue weighted by atomic mass is 32.1. The number of carbonyl (C=O) groups excluding carboxylic acids is 1. The standard InChI is InChI=1S/C26H23N5O3S/c1-3-30-15-16(14-27-30)13-20-24(33)31-22-18-11-7-8-12-19(18)34-26(2,29-25(31)35-20)21(22)23(32)28-17-9-5-4-6-10-17/h4-15,21-22H,3H2,1-2H3,(H,28,32)/b20-13-/t21-,22-,26-/m0/s1. The Labute approximate surface area is 204 Å². The van der Waals surface area contributed by atoms with Gasteiger partial charge in [-0.05, 0) is 38.1 Å². The zero-order valence-corrected chi connectivity index (χ0v) is 20.0. The van der Waals surface area contributed by atoms with Gasteiger partial charge in [-0.15, -0.1) is 0 Å². The van der Waals surface area contributed by atoms with E-state index in [0.29, 0.717) is 20.8 Å². The van der Waals surface area contributed by atoms with E-state index >= 15 is 0 Å². The van der Waals surface area contributed by atoms with Gasteiger partial charge in [0, 0.05) is 29.6 Å². The topological polar surface area (TPSA) is 90.5 Å². The molecule has 0 aliphatic carbocycles. The quantitative estimate of drug-likeness (QED) is 0.481. The van der Waals surface area contributed by atoms with Gasteiger partial charge in [-0.3, -0.25) is 18.8 Å². The Morgan fingerprint density at radius 1 is 1.20 bits per heavy atom. The lowest BCUT2D eigenvalue weighted by Crippen LogP contribution is -2.59.